The summed E-state index contributed by atoms with van der Waals surface area (Å²) < 4.78 is 1.73. The molecule has 10 heteroatoms. The van der Waals surface area contributed by atoms with Crippen LogP contribution in [0.3, 0.4) is 0 Å². The first-order valence-corrected chi connectivity index (χ1v) is 10.3. The molecule has 3 rings (SSSR count). The summed E-state index contributed by atoms with van der Waals surface area (Å²) in [4.78, 5) is 28.8. The van der Waals surface area contributed by atoms with E-state index in [4.69, 9.17) is 0 Å². The van der Waals surface area contributed by atoms with Crippen LogP contribution in [0, 0.1) is 6.92 Å². The number of amides is 2. The highest BCUT2D eigenvalue weighted by molar-refractivity contribution is 8.00. The van der Waals surface area contributed by atoms with E-state index in [9.17, 15) is 9.59 Å². The Labute approximate surface area is 170 Å². The molecule has 2 heterocycles. The van der Waals surface area contributed by atoms with E-state index in [-0.39, 0.29) is 18.2 Å². The van der Waals surface area contributed by atoms with Gasteiger partial charge in [0.25, 0.3) is 0 Å². The zero-order chi connectivity index (χ0) is 20.1. The summed E-state index contributed by atoms with van der Waals surface area (Å²) in [6.07, 6.45) is 0.0952. The Hall–Kier alpha value is -2.72. The van der Waals surface area contributed by atoms with Crippen LogP contribution in [-0.2, 0) is 23.1 Å². The van der Waals surface area contributed by atoms with E-state index in [1.807, 2.05) is 42.6 Å². The van der Waals surface area contributed by atoms with Crippen molar-refractivity contribution < 1.29 is 9.59 Å². The molecule has 2 amide bonds. The van der Waals surface area contributed by atoms with E-state index in [1.165, 1.54) is 23.1 Å². The number of hydrogen-bond acceptors (Lipinski definition) is 7. The second kappa shape index (κ2) is 8.98. The Bertz CT molecular complexity index is 970. The molecule has 0 saturated heterocycles. The maximum absolute atomic E-state index is 12.3. The Balaban J connectivity index is 1.57. The number of thioether (sulfide) groups is 1. The topological polar surface area (TPSA) is 102 Å². The van der Waals surface area contributed by atoms with Crippen LogP contribution in [0.1, 0.15) is 18.4 Å². The fraction of sp³-hybridized carbons (Fsp3) is 0.278. The molecule has 2 N–H and O–H groups in total. The number of anilines is 2. The number of thiazole rings is 1. The predicted octanol–water partition coefficient (Wildman–Crippen LogP) is 2.88. The lowest BCUT2D eigenvalue weighted by Gasteiger charge is -2.10. The van der Waals surface area contributed by atoms with Gasteiger partial charge < -0.3 is 15.2 Å². The van der Waals surface area contributed by atoms with E-state index in [0.29, 0.717) is 16.1 Å². The smallest absolute Gasteiger partial charge is 0.239 e. The van der Waals surface area contributed by atoms with Gasteiger partial charge in [-0.1, -0.05) is 30.0 Å². The molecule has 0 fully saturated rings. The molecule has 2 aromatic heterocycles. The van der Waals surface area contributed by atoms with Crippen LogP contribution < -0.4 is 10.6 Å². The molecule has 146 valence electrons. The zero-order valence-electron chi connectivity index (χ0n) is 15.7. The van der Waals surface area contributed by atoms with Gasteiger partial charge in [0.15, 0.2) is 10.3 Å². The molecule has 0 aliphatic rings. The second-order valence-corrected chi connectivity index (χ2v) is 8.26. The molecule has 28 heavy (non-hydrogen) atoms. The Morgan fingerprint density at radius 2 is 1.96 bits per heavy atom. The number of benzene rings is 1. The standard InChI is InChI=1S/C18H20N6O2S2/c1-11-10-27-17(19-11)21-16(26)12(2)28-18-23-22-14(24(18)3)9-15(25)20-13-7-5-4-6-8-13/h4-8,10,12H,9H2,1-3H3,(H,20,25)(H,19,21,26)/t12-/m1/s1. The quantitative estimate of drug-likeness (QED) is 0.574. The van der Waals surface area contributed by atoms with E-state index in [2.05, 4.69) is 25.8 Å². The van der Waals surface area contributed by atoms with Crippen molar-refractivity contribution in [3.63, 3.8) is 0 Å². The van der Waals surface area contributed by atoms with E-state index in [0.717, 1.165) is 11.4 Å². The van der Waals surface area contributed by atoms with E-state index in [1.54, 1.807) is 18.5 Å². The number of hydrogen-bond donors (Lipinski definition) is 2. The minimum atomic E-state index is -0.391. The molecule has 0 aliphatic carbocycles. The average molecular weight is 417 g/mol. The fourth-order valence-electron chi connectivity index (χ4n) is 2.30. The highest BCUT2D eigenvalue weighted by Gasteiger charge is 2.20. The van der Waals surface area contributed by atoms with Crippen LogP contribution in [0.2, 0.25) is 0 Å². The van der Waals surface area contributed by atoms with Crippen molar-refractivity contribution in [2.24, 2.45) is 7.05 Å². The van der Waals surface area contributed by atoms with E-state index >= 15 is 0 Å². The number of nitrogens with zero attached hydrogens (tertiary/aromatic N) is 4. The van der Waals surface area contributed by atoms with Crippen molar-refractivity contribution in [2.45, 2.75) is 30.7 Å². The lowest BCUT2D eigenvalue weighted by atomic mass is 10.3. The highest BCUT2D eigenvalue weighted by atomic mass is 32.2. The van der Waals surface area contributed by atoms with Gasteiger partial charge in [-0.2, -0.15) is 0 Å². The third-order valence-electron chi connectivity index (χ3n) is 3.80. The molecule has 1 atom stereocenters. The maximum atomic E-state index is 12.3. The Kier molecular flexibility index (Phi) is 6.42. The first-order chi connectivity index (χ1) is 13.4. The molecule has 0 aliphatic heterocycles. The van der Waals surface area contributed by atoms with Crippen LogP contribution in [-0.4, -0.2) is 36.8 Å². The first kappa shape index (κ1) is 20.0. The van der Waals surface area contributed by atoms with Crippen LogP contribution in [0.4, 0.5) is 10.8 Å². The number of rotatable bonds is 7. The number of nitrogens with one attached hydrogen (secondary N) is 2. The van der Waals surface area contributed by atoms with Crippen molar-refractivity contribution in [3.8, 4) is 0 Å². The lowest BCUT2D eigenvalue weighted by Crippen LogP contribution is -2.23. The Morgan fingerprint density at radius 3 is 2.64 bits per heavy atom. The second-order valence-electron chi connectivity index (χ2n) is 6.09. The minimum absolute atomic E-state index is 0.0952. The first-order valence-electron chi connectivity index (χ1n) is 8.55. The Morgan fingerprint density at radius 1 is 1.21 bits per heavy atom. The van der Waals surface area contributed by atoms with Crippen LogP contribution in [0.5, 0.6) is 0 Å². The molecule has 8 nitrogen and oxygen atoms in total. The molecule has 0 bridgehead atoms. The van der Waals surface area contributed by atoms with Crippen molar-refractivity contribution in [2.75, 3.05) is 10.6 Å². The monoisotopic (exact) mass is 416 g/mol. The van der Waals surface area contributed by atoms with Crippen molar-refractivity contribution in [1.82, 2.24) is 19.7 Å². The lowest BCUT2D eigenvalue weighted by molar-refractivity contribution is -0.116. The van der Waals surface area contributed by atoms with Gasteiger partial charge >= 0.3 is 0 Å². The summed E-state index contributed by atoms with van der Waals surface area (Å²) in [6, 6.07) is 9.23. The number of aryl methyl sites for hydroxylation is 1. The molecule has 3 aromatic rings. The van der Waals surface area contributed by atoms with Gasteiger partial charge in [-0.15, -0.1) is 21.5 Å². The van der Waals surface area contributed by atoms with Crippen molar-refractivity contribution in [3.05, 3.63) is 47.2 Å². The molecular weight excluding hydrogens is 396 g/mol. The average Bonchev–Trinajstić information content (AvgIpc) is 3.22. The number of aromatic nitrogens is 4. The van der Waals surface area contributed by atoms with Gasteiger partial charge in [0.05, 0.1) is 17.4 Å². The third kappa shape index (κ3) is 5.17. The molecule has 0 saturated carbocycles. The summed E-state index contributed by atoms with van der Waals surface area (Å²) >= 11 is 2.67. The summed E-state index contributed by atoms with van der Waals surface area (Å²) in [5.41, 5.74) is 1.60. The van der Waals surface area contributed by atoms with Crippen LogP contribution in [0.25, 0.3) is 0 Å². The van der Waals surface area contributed by atoms with E-state index < -0.39 is 5.25 Å². The molecule has 1 aromatic carbocycles. The number of carbonyl (C=O) groups is 2. The van der Waals surface area contributed by atoms with Crippen molar-refractivity contribution >= 4 is 45.7 Å². The van der Waals surface area contributed by atoms with Gasteiger partial charge in [-0.05, 0) is 26.0 Å². The van der Waals surface area contributed by atoms with Gasteiger partial charge in [-0.25, -0.2) is 4.98 Å². The number of para-hydroxylation sites is 1. The van der Waals surface area contributed by atoms with Crippen LogP contribution in [0.15, 0.2) is 40.9 Å². The van der Waals surface area contributed by atoms with Gasteiger partial charge in [-0.3, -0.25) is 9.59 Å². The van der Waals surface area contributed by atoms with Crippen LogP contribution >= 0.6 is 23.1 Å². The molecule has 0 spiro atoms. The summed E-state index contributed by atoms with van der Waals surface area (Å²) in [5.74, 6) is 0.188. The van der Waals surface area contributed by atoms with Crippen molar-refractivity contribution in [1.29, 1.82) is 0 Å². The van der Waals surface area contributed by atoms with Gasteiger partial charge in [0, 0.05) is 18.1 Å². The zero-order valence-corrected chi connectivity index (χ0v) is 17.3. The summed E-state index contributed by atoms with van der Waals surface area (Å²) in [7, 11) is 1.78. The molecule has 0 radical (unpaired) electrons. The SMILES string of the molecule is Cc1csc(NC(=O)[C@@H](C)Sc2nnc(CC(=O)Nc3ccccc3)n2C)n1. The largest absolute Gasteiger partial charge is 0.326 e. The normalized spacial score (nSPS) is 11.8. The summed E-state index contributed by atoms with van der Waals surface area (Å²) in [6.45, 7) is 3.66. The molecular formula is C18H20N6O2S2. The van der Waals surface area contributed by atoms with Gasteiger partial charge in [0.2, 0.25) is 11.8 Å². The fourth-order valence-corrected chi connectivity index (χ4v) is 3.83. The van der Waals surface area contributed by atoms with Gasteiger partial charge in [0.1, 0.15) is 5.82 Å². The minimum Gasteiger partial charge on any atom is -0.326 e. The third-order valence-corrected chi connectivity index (χ3v) is 5.81. The predicted molar refractivity (Wildman–Crippen MR) is 111 cm³/mol. The maximum Gasteiger partial charge on any atom is 0.239 e. The summed E-state index contributed by atoms with van der Waals surface area (Å²) in [5, 5.41) is 16.4. The highest BCUT2D eigenvalue weighted by Crippen LogP contribution is 2.23. The molecule has 0 unspecified atom stereocenters. The number of carbonyl (C=O) groups excluding carboxylic acids is 2.